The van der Waals surface area contributed by atoms with Crippen LogP contribution in [0.25, 0.3) is 11.3 Å². The number of benzene rings is 2. The summed E-state index contributed by atoms with van der Waals surface area (Å²) in [6.07, 6.45) is 0. The van der Waals surface area contributed by atoms with E-state index in [0.29, 0.717) is 11.3 Å². The van der Waals surface area contributed by atoms with Crippen LogP contribution in [-0.2, 0) is 0 Å². The standard InChI is InChI=1S/C17H12FN5O/c18-13-7-6-10(8-14(13)24-11-4-2-1-3-5-11)15-12(9-19)16(20)23-17(21)22-15/h1-8H,(H4,20,21,22,23). The van der Waals surface area contributed by atoms with E-state index >= 15 is 0 Å². The number of halogens is 1. The van der Waals surface area contributed by atoms with Crippen molar-refractivity contribution in [3.63, 3.8) is 0 Å². The molecular formula is C17H12FN5O. The summed E-state index contributed by atoms with van der Waals surface area (Å²) in [4.78, 5) is 7.79. The number of hydrogen-bond acceptors (Lipinski definition) is 6. The zero-order valence-electron chi connectivity index (χ0n) is 12.4. The maximum Gasteiger partial charge on any atom is 0.222 e. The highest BCUT2D eigenvalue weighted by Crippen LogP contribution is 2.31. The second-order valence-electron chi connectivity index (χ2n) is 4.86. The average Bonchev–Trinajstić information content (AvgIpc) is 2.57. The fourth-order valence-corrected chi connectivity index (χ4v) is 2.16. The molecule has 0 amide bonds. The average molecular weight is 321 g/mol. The monoisotopic (exact) mass is 321 g/mol. The molecule has 1 aromatic heterocycles. The Balaban J connectivity index is 2.08. The number of ether oxygens (including phenoxy) is 1. The Morgan fingerprint density at radius 1 is 1.04 bits per heavy atom. The minimum absolute atomic E-state index is 0.00153. The number of aromatic nitrogens is 2. The van der Waals surface area contributed by atoms with Crippen LogP contribution in [-0.4, -0.2) is 9.97 Å². The van der Waals surface area contributed by atoms with E-state index in [2.05, 4.69) is 9.97 Å². The molecule has 24 heavy (non-hydrogen) atoms. The number of hydrogen-bond donors (Lipinski definition) is 2. The summed E-state index contributed by atoms with van der Waals surface area (Å²) in [6.45, 7) is 0. The molecule has 0 saturated carbocycles. The van der Waals surface area contributed by atoms with Gasteiger partial charge in [0.2, 0.25) is 5.95 Å². The van der Waals surface area contributed by atoms with E-state index in [1.807, 2.05) is 12.1 Å². The zero-order chi connectivity index (χ0) is 17.1. The Hall–Kier alpha value is -3.66. The van der Waals surface area contributed by atoms with Gasteiger partial charge in [-0.25, -0.2) is 9.37 Å². The maximum atomic E-state index is 14.0. The highest BCUT2D eigenvalue weighted by atomic mass is 19.1. The molecule has 0 aliphatic heterocycles. The number of nitrogens with two attached hydrogens (primary N) is 2. The van der Waals surface area contributed by atoms with Gasteiger partial charge < -0.3 is 16.2 Å². The lowest BCUT2D eigenvalue weighted by Gasteiger charge is -2.10. The maximum absolute atomic E-state index is 14.0. The van der Waals surface area contributed by atoms with Crippen LogP contribution in [0.2, 0.25) is 0 Å². The lowest BCUT2D eigenvalue weighted by molar-refractivity contribution is 0.442. The van der Waals surface area contributed by atoms with Gasteiger partial charge >= 0.3 is 0 Å². The first-order valence-electron chi connectivity index (χ1n) is 6.94. The third-order valence-corrected chi connectivity index (χ3v) is 3.24. The highest BCUT2D eigenvalue weighted by Gasteiger charge is 2.15. The Bertz CT molecular complexity index is 938. The predicted molar refractivity (Wildman–Crippen MR) is 87.5 cm³/mol. The predicted octanol–water partition coefficient (Wildman–Crippen LogP) is 3.11. The molecule has 0 saturated heterocycles. The van der Waals surface area contributed by atoms with Gasteiger partial charge in [-0.15, -0.1) is 0 Å². The van der Waals surface area contributed by atoms with Crippen LogP contribution in [0, 0.1) is 17.1 Å². The molecule has 0 aliphatic carbocycles. The number of nitrogens with zero attached hydrogens (tertiary/aromatic N) is 3. The van der Waals surface area contributed by atoms with Gasteiger partial charge in [-0.05, 0) is 30.3 Å². The molecule has 3 rings (SSSR count). The van der Waals surface area contributed by atoms with E-state index in [-0.39, 0.29) is 28.8 Å². The van der Waals surface area contributed by atoms with Gasteiger partial charge in [0.15, 0.2) is 11.6 Å². The molecule has 0 atom stereocenters. The van der Waals surface area contributed by atoms with Crippen LogP contribution < -0.4 is 16.2 Å². The van der Waals surface area contributed by atoms with Crippen LogP contribution in [0.3, 0.4) is 0 Å². The Morgan fingerprint density at radius 3 is 2.50 bits per heavy atom. The summed E-state index contributed by atoms with van der Waals surface area (Å²) in [5.74, 6) is -0.170. The van der Waals surface area contributed by atoms with Gasteiger partial charge in [0.1, 0.15) is 23.2 Å². The molecule has 0 unspecified atom stereocenters. The topological polar surface area (TPSA) is 111 Å². The molecule has 0 spiro atoms. The van der Waals surface area contributed by atoms with Crippen molar-refractivity contribution in [1.29, 1.82) is 5.26 Å². The second kappa shape index (κ2) is 6.22. The van der Waals surface area contributed by atoms with E-state index in [1.165, 1.54) is 18.2 Å². The van der Waals surface area contributed by atoms with Crippen molar-refractivity contribution < 1.29 is 9.13 Å². The third-order valence-electron chi connectivity index (χ3n) is 3.24. The third kappa shape index (κ3) is 2.94. The van der Waals surface area contributed by atoms with Gasteiger partial charge in [-0.3, -0.25) is 0 Å². The minimum Gasteiger partial charge on any atom is -0.454 e. The Labute approximate surface area is 137 Å². The number of para-hydroxylation sites is 1. The second-order valence-corrected chi connectivity index (χ2v) is 4.86. The molecule has 6 nitrogen and oxygen atoms in total. The lowest BCUT2D eigenvalue weighted by Crippen LogP contribution is -2.05. The smallest absolute Gasteiger partial charge is 0.222 e. The molecule has 0 bridgehead atoms. The van der Waals surface area contributed by atoms with Gasteiger partial charge in [0, 0.05) is 5.56 Å². The largest absolute Gasteiger partial charge is 0.454 e. The first kappa shape index (κ1) is 15.2. The fraction of sp³-hybridized carbons (Fsp3) is 0. The molecule has 3 aromatic rings. The van der Waals surface area contributed by atoms with Crippen molar-refractivity contribution >= 4 is 11.8 Å². The van der Waals surface area contributed by atoms with Crippen molar-refractivity contribution in [3.8, 4) is 28.8 Å². The summed E-state index contributed by atoms with van der Waals surface area (Å²) in [7, 11) is 0. The summed E-state index contributed by atoms with van der Waals surface area (Å²) < 4.78 is 19.6. The van der Waals surface area contributed by atoms with Crippen LogP contribution >= 0.6 is 0 Å². The van der Waals surface area contributed by atoms with E-state index in [9.17, 15) is 9.65 Å². The molecular weight excluding hydrogens is 309 g/mol. The SMILES string of the molecule is N#Cc1c(N)nc(N)nc1-c1ccc(F)c(Oc2ccccc2)c1. The summed E-state index contributed by atoms with van der Waals surface area (Å²) in [5.41, 5.74) is 12.0. The van der Waals surface area contributed by atoms with Gasteiger partial charge in [-0.1, -0.05) is 18.2 Å². The van der Waals surface area contributed by atoms with Crippen LogP contribution in [0.15, 0.2) is 48.5 Å². The van der Waals surface area contributed by atoms with Crippen LogP contribution in [0.1, 0.15) is 5.56 Å². The molecule has 0 radical (unpaired) electrons. The molecule has 1 heterocycles. The Morgan fingerprint density at radius 2 is 1.79 bits per heavy atom. The van der Waals surface area contributed by atoms with Crippen molar-refractivity contribution in [1.82, 2.24) is 9.97 Å². The number of anilines is 2. The number of nitriles is 1. The first-order chi connectivity index (χ1) is 11.6. The summed E-state index contributed by atoms with van der Waals surface area (Å²) in [6, 6.07) is 14.8. The van der Waals surface area contributed by atoms with E-state index in [4.69, 9.17) is 16.2 Å². The minimum atomic E-state index is -0.545. The van der Waals surface area contributed by atoms with Crippen molar-refractivity contribution in [2.45, 2.75) is 0 Å². The first-order valence-corrected chi connectivity index (χ1v) is 6.94. The number of rotatable bonds is 3. The van der Waals surface area contributed by atoms with E-state index < -0.39 is 5.82 Å². The normalized spacial score (nSPS) is 10.2. The van der Waals surface area contributed by atoms with E-state index in [0.717, 1.165) is 0 Å². The summed E-state index contributed by atoms with van der Waals surface area (Å²) in [5, 5.41) is 9.25. The van der Waals surface area contributed by atoms with Crippen LogP contribution in [0.4, 0.5) is 16.2 Å². The molecule has 4 N–H and O–H groups in total. The Kier molecular flexibility index (Phi) is 3.95. The lowest BCUT2D eigenvalue weighted by atomic mass is 10.1. The molecule has 118 valence electrons. The summed E-state index contributed by atoms with van der Waals surface area (Å²) >= 11 is 0. The van der Waals surface area contributed by atoms with Crippen molar-refractivity contribution in [2.75, 3.05) is 11.5 Å². The molecule has 2 aromatic carbocycles. The fourth-order valence-electron chi connectivity index (χ4n) is 2.16. The number of nitrogen functional groups attached to an aromatic ring is 2. The molecule has 0 fully saturated rings. The molecule has 7 heteroatoms. The van der Waals surface area contributed by atoms with Crippen LogP contribution in [0.5, 0.6) is 11.5 Å². The van der Waals surface area contributed by atoms with Gasteiger partial charge in [0.05, 0.1) is 5.69 Å². The van der Waals surface area contributed by atoms with Crippen molar-refractivity contribution in [3.05, 3.63) is 59.9 Å². The van der Waals surface area contributed by atoms with Gasteiger partial charge in [-0.2, -0.15) is 10.2 Å². The van der Waals surface area contributed by atoms with Gasteiger partial charge in [0.25, 0.3) is 0 Å². The highest BCUT2D eigenvalue weighted by molar-refractivity contribution is 5.73. The van der Waals surface area contributed by atoms with Crippen molar-refractivity contribution in [2.24, 2.45) is 0 Å². The van der Waals surface area contributed by atoms with E-state index in [1.54, 1.807) is 24.3 Å². The zero-order valence-corrected chi connectivity index (χ0v) is 12.4. The molecule has 0 aliphatic rings. The quantitative estimate of drug-likeness (QED) is 0.766.